The molecule has 8 heteroatoms. The van der Waals surface area contributed by atoms with Crippen LogP contribution in [0.1, 0.15) is 31.4 Å². The van der Waals surface area contributed by atoms with Crippen LogP contribution in [-0.4, -0.2) is 41.1 Å². The Morgan fingerprint density at radius 2 is 1.94 bits per heavy atom. The van der Waals surface area contributed by atoms with Gasteiger partial charge in [0.05, 0.1) is 17.9 Å². The molecule has 3 aromatic rings. The SMILES string of the molecule is C[C@H](NC(=O)CSc1nnc(NC[C@H]2CCCO2)s1)c1ccc(-c2ccccc2)cc1. The number of hydrogen-bond donors (Lipinski definition) is 2. The lowest BCUT2D eigenvalue weighted by Crippen LogP contribution is -2.28. The van der Waals surface area contributed by atoms with E-state index in [9.17, 15) is 4.79 Å². The minimum Gasteiger partial charge on any atom is -0.376 e. The van der Waals surface area contributed by atoms with Crippen LogP contribution < -0.4 is 10.6 Å². The number of hydrogen-bond acceptors (Lipinski definition) is 7. The fraction of sp³-hybridized carbons (Fsp3) is 0.348. The summed E-state index contributed by atoms with van der Waals surface area (Å²) in [5.41, 5.74) is 3.43. The summed E-state index contributed by atoms with van der Waals surface area (Å²) in [6.45, 7) is 3.59. The van der Waals surface area contributed by atoms with Crippen molar-refractivity contribution in [3.8, 4) is 11.1 Å². The Labute approximate surface area is 190 Å². The normalized spacial score (nSPS) is 16.7. The fourth-order valence-corrected chi connectivity index (χ4v) is 5.00. The van der Waals surface area contributed by atoms with Crippen molar-refractivity contribution in [1.29, 1.82) is 0 Å². The highest BCUT2D eigenvalue weighted by molar-refractivity contribution is 8.01. The number of aromatic nitrogens is 2. The van der Waals surface area contributed by atoms with E-state index in [1.165, 1.54) is 34.2 Å². The zero-order valence-corrected chi connectivity index (χ0v) is 19.0. The molecule has 1 aliphatic rings. The third-order valence-corrected chi connectivity index (χ3v) is 7.15. The Morgan fingerprint density at radius 3 is 2.68 bits per heavy atom. The Morgan fingerprint density at radius 1 is 1.16 bits per heavy atom. The maximum atomic E-state index is 12.4. The fourth-order valence-electron chi connectivity index (χ4n) is 3.43. The van der Waals surface area contributed by atoms with E-state index < -0.39 is 0 Å². The molecule has 2 atom stereocenters. The molecule has 1 aliphatic heterocycles. The molecule has 1 aromatic heterocycles. The van der Waals surface area contributed by atoms with Gasteiger partial charge in [0.2, 0.25) is 11.0 Å². The van der Waals surface area contributed by atoms with E-state index in [0.717, 1.165) is 41.0 Å². The van der Waals surface area contributed by atoms with E-state index >= 15 is 0 Å². The van der Waals surface area contributed by atoms with Gasteiger partial charge in [0.1, 0.15) is 0 Å². The van der Waals surface area contributed by atoms with Gasteiger partial charge in [-0.3, -0.25) is 4.79 Å². The van der Waals surface area contributed by atoms with Gasteiger partial charge in [-0.1, -0.05) is 77.7 Å². The molecule has 0 unspecified atom stereocenters. The third-order valence-electron chi connectivity index (χ3n) is 5.13. The summed E-state index contributed by atoms with van der Waals surface area (Å²) in [5, 5.41) is 15.4. The molecule has 162 valence electrons. The lowest BCUT2D eigenvalue weighted by atomic mass is 10.0. The highest BCUT2D eigenvalue weighted by atomic mass is 32.2. The lowest BCUT2D eigenvalue weighted by Gasteiger charge is -2.14. The van der Waals surface area contributed by atoms with Gasteiger partial charge in [-0.15, -0.1) is 10.2 Å². The monoisotopic (exact) mass is 454 g/mol. The number of nitrogens with zero attached hydrogens (tertiary/aromatic N) is 2. The molecule has 0 radical (unpaired) electrons. The zero-order chi connectivity index (χ0) is 21.5. The largest absolute Gasteiger partial charge is 0.376 e. The molecule has 1 amide bonds. The summed E-state index contributed by atoms with van der Waals surface area (Å²) in [7, 11) is 0. The van der Waals surface area contributed by atoms with E-state index in [1.807, 2.05) is 25.1 Å². The average Bonchev–Trinajstić information content (AvgIpc) is 3.49. The Hall–Kier alpha value is -2.42. The van der Waals surface area contributed by atoms with Crippen molar-refractivity contribution in [3.63, 3.8) is 0 Å². The van der Waals surface area contributed by atoms with Gasteiger partial charge in [-0.05, 0) is 36.5 Å². The molecule has 1 saturated heterocycles. The van der Waals surface area contributed by atoms with Crippen molar-refractivity contribution in [2.24, 2.45) is 0 Å². The number of ether oxygens (including phenoxy) is 1. The second-order valence-electron chi connectivity index (χ2n) is 7.45. The minimum absolute atomic E-state index is 0.0197. The predicted molar refractivity (Wildman–Crippen MR) is 127 cm³/mol. The van der Waals surface area contributed by atoms with Gasteiger partial charge in [0, 0.05) is 13.2 Å². The van der Waals surface area contributed by atoms with Gasteiger partial charge in [0.15, 0.2) is 4.34 Å². The van der Waals surface area contributed by atoms with Gasteiger partial charge in [-0.2, -0.15) is 0 Å². The molecule has 2 heterocycles. The molecule has 1 fully saturated rings. The van der Waals surface area contributed by atoms with Crippen LogP contribution in [0.15, 0.2) is 58.9 Å². The van der Waals surface area contributed by atoms with Crippen LogP contribution >= 0.6 is 23.1 Å². The van der Waals surface area contributed by atoms with E-state index in [4.69, 9.17) is 4.74 Å². The first-order valence-electron chi connectivity index (χ1n) is 10.4. The van der Waals surface area contributed by atoms with Crippen molar-refractivity contribution >= 4 is 34.1 Å². The Bertz CT molecular complexity index is 973. The van der Waals surface area contributed by atoms with Gasteiger partial charge in [-0.25, -0.2) is 0 Å². The molecule has 0 bridgehead atoms. The van der Waals surface area contributed by atoms with Crippen LogP contribution in [0.5, 0.6) is 0 Å². The third kappa shape index (κ3) is 6.29. The number of amides is 1. The van der Waals surface area contributed by atoms with Crippen LogP contribution in [0.4, 0.5) is 5.13 Å². The topological polar surface area (TPSA) is 76.1 Å². The minimum atomic E-state index is -0.0593. The maximum Gasteiger partial charge on any atom is 0.230 e. The average molecular weight is 455 g/mol. The summed E-state index contributed by atoms with van der Waals surface area (Å²) in [6.07, 6.45) is 2.46. The second-order valence-corrected chi connectivity index (χ2v) is 9.65. The first kappa shape index (κ1) is 21.8. The number of nitrogens with one attached hydrogen (secondary N) is 2. The second kappa shape index (κ2) is 10.7. The number of carbonyl (C=O) groups is 1. The van der Waals surface area contributed by atoms with Gasteiger partial charge in [0.25, 0.3) is 0 Å². The van der Waals surface area contributed by atoms with E-state index in [1.54, 1.807) is 0 Å². The molecular weight excluding hydrogens is 428 g/mol. The standard InChI is InChI=1S/C23H26N4O2S2/c1-16(17-9-11-19(12-10-17)18-6-3-2-4-7-18)25-21(28)15-30-23-27-26-22(31-23)24-14-20-8-5-13-29-20/h2-4,6-7,9-12,16,20H,5,8,13-15H2,1H3,(H,24,26)(H,25,28)/t16-,20+/m0/s1. The first-order valence-corrected chi connectivity index (χ1v) is 12.2. The smallest absolute Gasteiger partial charge is 0.230 e. The number of carbonyl (C=O) groups excluding carboxylic acids is 1. The quantitative estimate of drug-likeness (QED) is 0.454. The van der Waals surface area contributed by atoms with E-state index in [2.05, 4.69) is 57.2 Å². The van der Waals surface area contributed by atoms with Crippen LogP contribution in [0.2, 0.25) is 0 Å². The summed E-state index contributed by atoms with van der Waals surface area (Å²) in [4.78, 5) is 12.4. The molecule has 0 spiro atoms. The first-order chi connectivity index (χ1) is 15.2. The number of thioether (sulfide) groups is 1. The summed E-state index contributed by atoms with van der Waals surface area (Å²) in [5.74, 6) is 0.293. The van der Waals surface area contributed by atoms with Crippen LogP contribution in [0, 0.1) is 0 Å². The summed E-state index contributed by atoms with van der Waals surface area (Å²) < 4.78 is 6.38. The van der Waals surface area contributed by atoms with Crippen molar-refractivity contribution in [2.75, 3.05) is 24.2 Å². The molecule has 31 heavy (non-hydrogen) atoms. The van der Waals surface area contributed by atoms with Crippen LogP contribution in [-0.2, 0) is 9.53 Å². The molecule has 2 aromatic carbocycles. The van der Waals surface area contributed by atoms with Crippen LogP contribution in [0.25, 0.3) is 11.1 Å². The number of benzene rings is 2. The molecule has 4 rings (SSSR count). The Balaban J connectivity index is 1.22. The predicted octanol–water partition coefficient (Wildman–Crippen LogP) is 4.77. The Kier molecular flexibility index (Phi) is 7.56. The van der Waals surface area contributed by atoms with Gasteiger partial charge < -0.3 is 15.4 Å². The molecule has 0 saturated carbocycles. The molecule has 2 N–H and O–H groups in total. The zero-order valence-electron chi connectivity index (χ0n) is 17.4. The highest BCUT2D eigenvalue weighted by Crippen LogP contribution is 2.26. The molecule has 0 aliphatic carbocycles. The van der Waals surface area contributed by atoms with Crippen molar-refractivity contribution in [3.05, 3.63) is 60.2 Å². The number of rotatable bonds is 9. The number of anilines is 1. The van der Waals surface area contributed by atoms with Crippen LogP contribution in [0.3, 0.4) is 0 Å². The molecule has 6 nitrogen and oxygen atoms in total. The van der Waals surface area contributed by atoms with E-state index in [0.29, 0.717) is 5.75 Å². The summed E-state index contributed by atoms with van der Waals surface area (Å²) >= 11 is 2.87. The van der Waals surface area contributed by atoms with Crippen molar-refractivity contribution < 1.29 is 9.53 Å². The van der Waals surface area contributed by atoms with Crippen molar-refractivity contribution in [1.82, 2.24) is 15.5 Å². The van der Waals surface area contributed by atoms with Crippen molar-refractivity contribution in [2.45, 2.75) is 36.3 Å². The summed E-state index contributed by atoms with van der Waals surface area (Å²) in [6, 6.07) is 18.5. The molecular formula is C23H26N4O2S2. The maximum absolute atomic E-state index is 12.4. The highest BCUT2D eigenvalue weighted by Gasteiger charge is 2.16. The van der Waals surface area contributed by atoms with Gasteiger partial charge >= 0.3 is 0 Å². The lowest BCUT2D eigenvalue weighted by molar-refractivity contribution is -0.119. The van der Waals surface area contributed by atoms with E-state index in [-0.39, 0.29) is 18.1 Å².